The molecule has 1 aliphatic rings. The molecule has 1 aromatic rings. The zero-order valence-electron chi connectivity index (χ0n) is 13.3. The van der Waals surface area contributed by atoms with Gasteiger partial charge in [-0.05, 0) is 37.8 Å². The van der Waals surface area contributed by atoms with Crippen LogP contribution in [0.2, 0.25) is 0 Å². The van der Waals surface area contributed by atoms with E-state index in [0.29, 0.717) is 6.54 Å². The van der Waals surface area contributed by atoms with Gasteiger partial charge in [0.25, 0.3) is 0 Å². The van der Waals surface area contributed by atoms with Crippen molar-refractivity contribution in [2.75, 3.05) is 25.1 Å². The minimum absolute atomic E-state index is 0.0923. The van der Waals surface area contributed by atoms with Crippen LogP contribution in [0.3, 0.4) is 0 Å². The van der Waals surface area contributed by atoms with E-state index in [4.69, 9.17) is 4.74 Å². The Labute approximate surface area is 127 Å². The molecular formula is C17H26N2O2. The van der Waals surface area contributed by atoms with Crippen LogP contribution in [0.4, 0.5) is 5.69 Å². The fourth-order valence-corrected chi connectivity index (χ4v) is 3.02. The largest absolute Gasteiger partial charge is 0.495 e. The Balaban J connectivity index is 2.08. The van der Waals surface area contributed by atoms with Gasteiger partial charge < -0.3 is 15.0 Å². The fourth-order valence-electron chi connectivity index (χ4n) is 3.02. The van der Waals surface area contributed by atoms with Gasteiger partial charge in [0.15, 0.2) is 0 Å². The van der Waals surface area contributed by atoms with E-state index in [1.165, 1.54) is 5.56 Å². The number of ether oxygens (including phenoxy) is 1. The number of amides is 1. The van der Waals surface area contributed by atoms with Crippen LogP contribution in [0, 0.1) is 0 Å². The fraction of sp³-hybridized carbons (Fsp3) is 0.588. The Morgan fingerprint density at radius 2 is 2.29 bits per heavy atom. The summed E-state index contributed by atoms with van der Waals surface area (Å²) < 4.78 is 5.47. The molecule has 2 rings (SSSR count). The molecule has 21 heavy (non-hydrogen) atoms. The van der Waals surface area contributed by atoms with E-state index in [-0.39, 0.29) is 11.9 Å². The number of rotatable bonds is 6. The van der Waals surface area contributed by atoms with Crippen LogP contribution in [0.25, 0.3) is 0 Å². The summed E-state index contributed by atoms with van der Waals surface area (Å²) in [5, 5.41) is 3.07. The number of para-hydroxylation sites is 1. The van der Waals surface area contributed by atoms with Gasteiger partial charge in [-0.2, -0.15) is 0 Å². The number of hydrogen-bond donors (Lipinski definition) is 1. The molecule has 0 aliphatic carbocycles. The maximum absolute atomic E-state index is 12.2. The van der Waals surface area contributed by atoms with Crippen molar-refractivity contribution < 1.29 is 9.53 Å². The molecule has 0 bridgehead atoms. The summed E-state index contributed by atoms with van der Waals surface area (Å²) in [7, 11) is 1.69. The van der Waals surface area contributed by atoms with Crippen LogP contribution < -0.4 is 15.0 Å². The third kappa shape index (κ3) is 3.90. The molecule has 1 unspecified atom stereocenters. The van der Waals surface area contributed by atoms with E-state index in [1.54, 1.807) is 7.11 Å². The van der Waals surface area contributed by atoms with E-state index in [2.05, 4.69) is 30.1 Å². The predicted molar refractivity (Wildman–Crippen MR) is 86.0 cm³/mol. The van der Waals surface area contributed by atoms with Gasteiger partial charge in [-0.25, -0.2) is 0 Å². The third-order valence-corrected chi connectivity index (χ3v) is 3.96. The summed E-state index contributed by atoms with van der Waals surface area (Å²) in [6.45, 7) is 5.50. The maximum atomic E-state index is 12.2. The van der Waals surface area contributed by atoms with E-state index in [0.717, 1.165) is 43.7 Å². The molecule has 0 saturated carbocycles. The van der Waals surface area contributed by atoms with Crippen molar-refractivity contribution in [3.05, 3.63) is 23.8 Å². The average Bonchev–Trinajstić information content (AvgIpc) is 2.46. The number of nitrogens with zero attached hydrogens (tertiary/aromatic N) is 1. The summed E-state index contributed by atoms with van der Waals surface area (Å²) in [6.07, 6.45) is 4.24. The van der Waals surface area contributed by atoms with Crippen LogP contribution in [-0.4, -0.2) is 32.1 Å². The van der Waals surface area contributed by atoms with Crippen molar-refractivity contribution in [2.45, 2.75) is 45.6 Å². The van der Waals surface area contributed by atoms with Crippen molar-refractivity contribution in [1.82, 2.24) is 5.32 Å². The molecule has 1 atom stereocenters. The van der Waals surface area contributed by atoms with E-state index < -0.39 is 0 Å². The molecule has 4 heteroatoms. The lowest BCUT2D eigenvalue weighted by Gasteiger charge is -2.32. The predicted octanol–water partition coefficient (Wildman–Crippen LogP) is 2.75. The topological polar surface area (TPSA) is 41.6 Å². The molecule has 1 heterocycles. The highest BCUT2D eigenvalue weighted by atomic mass is 16.5. The molecule has 1 N–H and O–H groups in total. The molecule has 0 fully saturated rings. The number of benzene rings is 1. The van der Waals surface area contributed by atoms with Gasteiger partial charge in [0, 0.05) is 12.6 Å². The van der Waals surface area contributed by atoms with Crippen molar-refractivity contribution in [3.8, 4) is 5.75 Å². The average molecular weight is 290 g/mol. The first-order valence-electron chi connectivity index (χ1n) is 7.86. The van der Waals surface area contributed by atoms with Crippen molar-refractivity contribution in [2.24, 2.45) is 0 Å². The summed E-state index contributed by atoms with van der Waals surface area (Å²) in [5.41, 5.74) is 2.36. The van der Waals surface area contributed by atoms with Gasteiger partial charge in [0.1, 0.15) is 5.75 Å². The Morgan fingerprint density at radius 3 is 3.00 bits per heavy atom. The summed E-state index contributed by atoms with van der Waals surface area (Å²) in [6, 6.07) is 6.35. The maximum Gasteiger partial charge on any atom is 0.239 e. The Bertz CT molecular complexity index is 473. The molecule has 1 aromatic carbocycles. The summed E-state index contributed by atoms with van der Waals surface area (Å²) in [5.74, 6) is 0.955. The molecule has 0 spiro atoms. The van der Waals surface area contributed by atoms with E-state index in [1.807, 2.05) is 12.1 Å². The second-order valence-corrected chi connectivity index (χ2v) is 5.75. The quantitative estimate of drug-likeness (QED) is 0.876. The molecule has 0 aromatic heterocycles. The monoisotopic (exact) mass is 290 g/mol. The Hall–Kier alpha value is -1.71. The number of nitrogens with one attached hydrogen (secondary N) is 1. The highest BCUT2D eigenvalue weighted by molar-refractivity contribution is 5.83. The molecule has 0 saturated heterocycles. The molecule has 1 amide bonds. The highest BCUT2D eigenvalue weighted by Crippen LogP contribution is 2.35. The first-order chi connectivity index (χ1) is 10.2. The van der Waals surface area contributed by atoms with Crippen molar-refractivity contribution >= 4 is 11.6 Å². The number of aryl methyl sites for hydroxylation is 1. The Morgan fingerprint density at radius 1 is 1.48 bits per heavy atom. The summed E-state index contributed by atoms with van der Waals surface area (Å²) in [4.78, 5) is 14.4. The number of fused-ring (bicyclic) bond motifs is 1. The van der Waals surface area contributed by atoms with E-state index in [9.17, 15) is 4.79 Å². The van der Waals surface area contributed by atoms with Gasteiger partial charge in [-0.15, -0.1) is 0 Å². The van der Waals surface area contributed by atoms with E-state index >= 15 is 0 Å². The number of hydrogen-bond acceptors (Lipinski definition) is 3. The van der Waals surface area contributed by atoms with Gasteiger partial charge in [-0.1, -0.05) is 25.5 Å². The van der Waals surface area contributed by atoms with Gasteiger partial charge in [0.2, 0.25) is 5.91 Å². The highest BCUT2D eigenvalue weighted by Gasteiger charge is 2.22. The minimum Gasteiger partial charge on any atom is -0.495 e. The molecule has 116 valence electrons. The van der Waals surface area contributed by atoms with Gasteiger partial charge in [0.05, 0.1) is 19.3 Å². The van der Waals surface area contributed by atoms with Crippen molar-refractivity contribution in [1.29, 1.82) is 0 Å². The lowest BCUT2D eigenvalue weighted by Crippen LogP contribution is -2.42. The second-order valence-electron chi connectivity index (χ2n) is 5.75. The van der Waals surface area contributed by atoms with Crippen LogP contribution in [0.5, 0.6) is 5.75 Å². The smallest absolute Gasteiger partial charge is 0.239 e. The zero-order chi connectivity index (χ0) is 15.2. The first-order valence-corrected chi connectivity index (χ1v) is 7.86. The minimum atomic E-state index is 0.0923. The number of carbonyl (C=O) groups excluding carboxylic acids is 1. The van der Waals surface area contributed by atoms with Crippen LogP contribution in [0.1, 0.15) is 38.7 Å². The molecule has 1 aliphatic heterocycles. The zero-order valence-corrected chi connectivity index (χ0v) is 13.3. The number of carbonyl (C=O) groups is 1. The van der Waals surface area contributed by atoms with Crippen LogP contribution in [0.15, 0.2) is 18.2 Å². The SMILES string of the molecule is CCCC(C)NC(=O)CN1CCCc2cccc(OC)c21. The third-order valence-electron chi connectivity index (χ3n) is 3.96. The molecular weight excluding hydrogens is 264 g/mol. The van der Waals surface area contributed by atoms with Crippen LogP contribution >= 0.6 is 0 Å². The number of anilines is 1. The van der Waals surface area contributed by atoms with Gasteiger partial charge >= 0.3 is 0 Å². The lowest BCUT2D eigenvalue weighted by molar-refractivity contribution is -0.120. The first kappa shape index (κ1) is 15.7. The molecule has 0 radical (unpaired) electrons. The standard InChI is InChI=1S/C17H26N2O2/c1-4-7-13(2)18-16(20)12-19-11-6-9-14-8-5-10-15(21-3)17(14)19/h5,8,10,13H,4,6-7,9,11-12H2,1-3H3,(H,18,20). The van der Waals surface area contributed by atoms with Crippen LogP contribution in [-0.2, 0) is 11.2 Å². The lowest BCUT2D eigenvalue weighted by atomic mass is 10.0. The summed E-state index contributed by atoms with van der Waals surface area (Å²) >= 11 is 0. The second kappa shape index (κ2) is 7.34. The Kier molecular flexibility index (Phi) is 5.48. The molecule has 4 nitrogen and oxygen atoms in total. The normalized spacial score (nSPS) is 15.3. The van der Waals surface area contributed by atoms with Crippen molar-refractivity contribution in [3.63, 3.8) is 0 Å². The number of methoxy groups -OCH3 is 1. The van der Waals surface area contributed by atoms with Gasteiger partial charge in [-0.3, -0.25) is 4.79 Å².